The number of anilines is 1. The molecule has 0 spiro atoms. The lowest BCUT2D eigenvalue weighted by Crippen LogP contribution is -2.48. The maximum atomic E-state index is 13.6. The number of ether oxygens (including phenoxy) is 4. The van der Waals surface area contributed by atoms with Crippen molar-refractivity contribution >= 4 is 17.5 Å². The van der Waals surface area contributed by atoms with Crippen molar-refractivity contribution in [2.75, 3.05) is 33.3 Å². The lowest BCUT2D eigenvalue weighted by Gasteiger charge is -2.41. The van der Waals surface area contributed by atoms with Crippen LogP contribution in [0.15, 0.2) is 60.7 Å². The van der Waals surface area contributed by atoms with E-state index in [2.05, 4.69) is 5.32 Å². The van der Waals surface area contributed by atoms with Gasteiger partial charge in [-0.1, -0.05) is 24.3 Å². The van der Waals surface area contributed by atoms with Gasteiger partial charge in [-0.25, -0.2) is 4.39 Å². The zero-order chi connectivity index (χ0) is 27.2. The molecule has 0 aromatic heterocycles. The molecular formula is C29H31FN2O6. The van der Waals surface area contributed by atoms with Gasteiger partial charge in [0.15, 0.2) is 11.5 Å². The lowest BCUT2D eigenvalue weighted by molar-refractivity contribution is -0.129. The normalized spacial score (nSPS) is 17.1. The number of carbonyl (C=O) groups excluding carboxylic acids is 2. The van der Waals surface area contributed by atoms with Crippen molar-refractivity contribution in [2.45, 2.75) is 25.4 Å². The Bertz CT molecular complexity index is 1250. The molecule has 1 aliphatic rings. The van der Waals surface area contributed by atoms with Crippen molar-refractivity contribution in [3.63, 3.8) is 0 Å². The maximum Gasteiger partial charge on any atom is 0.227 e. The van der Waals surface area contributed by atoms with Crippen LogP contribution in [-0.4, -0.2) is 40.3 Å². The second-order valence-corrected chi connectivity index (χ2v) is 8.85. The van der Waals surface area contributed by atoms with Gasteiger partial charge in [0.05, 0.1) is 46.1 Å². The van der Waals surface area contributed by atoms with E-state index in [-0.39, 0.29) is 30.6 Å². The average molecular weight is 523 g/mol. The SMILES string of the molecule is COc1ccc([C@@H]2[C@@H](C(=O)NCc3ccc(F)cc3)CCC(=O)N2c2cc(OC)c(OC)c(OC)c2)cc1. The van der Waals surface area contributed by atoms with Crippen molar-refractivity contribution < 1.29 is 32.9 Å². The van der Waals surface area contributed by atoms with E-state index in [4.69, 9.17) is 18.9 Å². The zero-order valence-electron chi connectivity index (χ0n) is 21.8. The van der Waals surface area contributed by atoms with Gasteiger partial charge in [0.25, 0.3) is 0 Å². The molecule has 0 saturated carbocycles. The van der Waals surface area contributed by atoms with E-state index in [9.17, 15) is 14.0 Å². The Hall–Kier alpha value is -4.27. The number of nitrogens with zero attached hydrogens (tertiary/aromatic N) is 1. The molecule has 0 aliphatic carbocycles. The summed E-state index contributed by atoms with van der Waals surface area (Å²) in [6, 6.07) is 16.1. The van der Waals surface area contributed by atoms with Crippen LogP contribution in [0.3, 0.4) is 0 Å². The van der Waals surface area contributed by atoms with E-state index < -0.39 is 12.0 Å². The molecule has 1 fully saturated rings. The third-order valence-corrected chi connectivity index (χ3v) is 6.70. The molecule has 3 aromatic carbocycles. The number of rotatable bonds is 9. The fourth-order valence-electron chi connectivity index (χ4n) is 4.78. The molecule has 0 radical (unpaired) electrons. The van der Waals surface area contributed by atoms with E-state index >= 15 is 0 Å². The second kappa shape index (κ2) is 11.9. The summed E-state index contributed by atoms with van der Waals surface area (Å²) < 4.78 is 35.1. The zero-order valence-corrected chi connectivity index (χ0v) is 21.8. The first kappa shape index (κ1) is 26.8. The topological polar surface area (TPSA) is 86.3 Å². The summed E-state index contributed by atoms with van der Waals surface area (Å²) in [5.74, 6) is 0.609. The number of hydrogen-bond donors (Lipinski definition) is 1. The van der Waals surface area contributed by atoms with Gasteiger partial charge in [-0.05, 0) is 41.8 Å². The Balaban J connectivity index is 1.75. The Labute approximate surface area is 221 Å². The third-order valence-electron chi connectivity index (χ3n) is 6.70. The minimum absolute atomic E-state index is 0.136. The summed E-state index contributed by atoms with van der Waals surface area (Å²) in [5.41, 5.74) is 2.06. The number of amides is 2. The van der Waals surface area contributed by atoms with Gasteiger partial charge in [0.2, 0.25) is 17.6 Å². The Kier molecular flexibility index (Phi) is 8.35. The van der Waals surface area contributed by atoms with Crippen LogP contribution >= 0.6 is 0 Å². The second-order valence-electron chi connectivity index (χ2n) is 8.85. The van der Waals surface area contributed by atoms with E-state index in [0.717, 1.165) is 11.1 Å². The van der Waals surface area contributed by atoms with Crippen molar-refractivity contribution in [3.8, 4) is 23.0 Å². The molecule has 1 N–H and O–H groups in total. The first-order chi connectivity index (χ1) is 18.4. The van der Waals surface area contributed by atoms with Crippen molar-refractivity contribution in [2.24, 2.45) is 5.92 Å². The smallest absolute Gasteiger partial charge is 0.227 e. The van der Waals surface area contributed by atoms with Gasteiger partial charge < -0.3 is 29.2 Å². The highest BCUT2D eigenvalue weighted by atomic mass is 19.1. The molecule has 0 unspecified atom stereocenters. The molecule has 2 atom stereocenters. The Morgan fingerprint density at radius 3 is 2.11 bits per heavy atom. The lowest BCUT2D eigenvalue weighted by atomic mass is 9.83. The highest BCUT2D eigenvalue weighted by Crippen LogP contribution is 2.46. The molecule has 9 heteroatoms. The Morgan fingerprint density at radius 1 is 0.921 bits per heavy atom. The number of nitrogens with one attached hydrogen (secondary N) is 1. The summed E-state index contributed by atoms with van der Waals surface area (Å²) in [6.45, 7) is 0.239. The molecule has 38 heavy (non-hydrogen) atoms. The average Bonchev–Trinajstić information content (AvgIpc) is 2.95. The largest absolute Gasteiger partial charge is 0.497 e. The van der Waals surface area contributed by atoms with Crippen LogP contribution < -0.4 is 29.2 Å². The maximum absolute atomic E-state index is 13.6. The van der Waals surface area contributed by atoms with Crippen LogP contribution in [0.4, 0.5) is 10.1 Å². The number of benzene rings is 3. The third kappa shape index (κ3) is 5.51. The number of hydrogen-bond acceptors (Lipinski definition) is 6. The first-order valence-corrected chi connectivity index (χ1v) is 12.2. The highest BCUT2D eigenvalue weighted by Gasteiger charge is 2.42. The number of methoxy groups -OCH3 is 4. The Morgan fingerprint density at radius 2 is 1.55 bits per heavy atom. The predicted octanol–water partition coefficient (Wildman–Crippen LogP) is 4.66. The van der Waals surface area contributed by atoms with Crippen molar-refractivity contribution in [1.82, 2.24) is 5.32 Å². The van der Waals surface area contributed by atoms with E-state index in [1.54, 1.807) is 48.4 Å². The molecule has 8 nitrogen and oxygen atoms in total. The van der Waals surface area contributed by atoms with Gasteiger partial charge in [0.1, 0.15) is 11.6 Å². The van der Waals surface area contributed by atoms with Crippen LogP contribution in [0.5, 0.6) is 23.0 Å². The van der Waals surface area contributed by atoms with Crippen molar-refractivity contribution in [1.29, 1.82) is 0 Å². The summed E-state index contributed by atoms with van der Waals surface area (Å²) in [4.78, 5) is 28.6. The van der Waals surface area contributed by atoms with Gasteiger partial charge in [0, 0.05) is 25.1 Å². The van der Waals surface area contributed by atoms with Crippen LogP contribution in [0.2, 0.25) is 0 Å². The summed E-state index contributed by atoms with van der Waals surface area (Å²) in [7, 11) is 6.10. The molecule has 4 rings (SSSR count). The quantitative estimate of drug-likeness (QED) is 0.440. The van der Waals surface area contributed by atoms with Crippen LogP contribution in [0, 0.1) is 11.7 Å². The fraction of sp³-hybridized carbons (Fsp3) is 0.310. The van der Waals surface area contributed by atoms with E-state index in [1.807, 2.05) is 12.1 Å². The van der Waals surface area contributed by atoms with Gasteiger partial charge >= 0.3 is 0 Å². The molecular weight excluding hydrogens is 491 g/mol. The minimum Gasteiger partial charge on any atom is -0.497 e. The number of piperidine rings is 1. The van der Waals surface area contributed by atoms with Crippen LogP contribution in [0.1, 0.15) is 30.0 Å². The van der Waals surface area contributed by atoms with Crippen LogP contribution in [0.25, 0.3) is 0 Å². The van der Waals surface area contributed by atoms with E-state index in [0.29, 0.717) is 35.1 Å². The summed E-state index contributed by atoms with van der Waals surface area (Å²) in [6.07, 6.45) is 0.545. The molecule has 1 heterocycles. The molecule has 3 aromatic rings. The monoisotopic (exact) mass is 522 g/mol. The van der Waals surface area contributed by atoms with Gasteiger partial charge in [-0.15, -0.1) is 0 Å². The van der Waals surface area contributed by atoms with Crippen LogP contribution in [-0.2, 0) is 16.1 Å². The molecule has 1 saturated heterocycles. The molecule has 200 valence electrons. The predicted molar refractivity (Wildman–Crippen MR) is 140 cm³/mol. The van der Waals surface area contributed by atoms with Gasteiger partial charge in [-0.3, -0.25) is 9.59 Å². The van der Waals surface area contributed by atoms with E-state index in [1.165, 1.54) is 33.5 Å². The summed E-state index contributed by atoms with van der Waals surface area (Å²) >= 11 is 0. The molecule has 2 amide bonds. The standard InChI is InChI=1S/C29H31FN2O6/c1-35-22-11-7-19(8-12-22)27-23(29(34)31-17-18-5-9-20(30)10-6-18)13-14-26(33)32(27)21-15-24(36-2)28(38-4)25(16-21)37-3/h5-12,15-16,23,27H,13-14,17H2,1-4H3,(H,31,34)/t23-,27+/m0/s1. The fourth-order valence-corrected chi connectivity index (χ4v) is 4.78. The highest BCUT2D eigenvalue weighted by molar-refractivity contribution is 5.98. The molecule has 0 bridgehead atoms. The summed E-state index contributed by atoms with van der Waals surface area (Å²) in [5, 5.41) is 2.97. The number of halogens is 1. The van der Waals surface area contributed by atoms with Gasteiger partial charge in [-0.2, -0.15) is 0 Å². The number of carbonyl (C=O) groups is 2. The molecule has 1 aliphatic heterocycles. The van der Waals surface area contributed by atoms with Crippen molar-refractivity contribution in [3.05, 3.63) is 77.6 Å². The minimum atomic E-state index is -0.613. The first-order valence-electron chi connectivity index (χ1n) is 12.2.